The maximum atomic E-state index is 9.00. The van der Waals surface area contributed by atoms with Gasteiger partial charge in [-0.1, -0.05) is 107 Å². The Labute approximate surface area is 309 Å². The zero-order chi connectivity index (χ0) is 35.8. The van der Waals surface area contributed by atoms with Crippen LogP contribution in [0.1, 0.15) is 48.1 Å². The van der Waals surface area contributed by atoms with Gasteiger partial charge in [0.15, 0.2) is 19.7 Å². The van der Waals surface area contributed by atoms with Crippen LogP contribution >= 0.6 is 15.9 Å². The maximum Gasteiger partial charge on any atom is 0.185 e. The summed E-state index contributed by atoms with van der Waals surface area (Å²) >= 11 is 3.54. The average molecular weight is 747 g/mol. The van der Waals surface area contributed by atoms with Gasteiger partial charge < -0.3 is 4.90 Å². The van der Waals surface area contributed by atoms with E-state index in [0.717, 1.165) is 38.7 Å². The predicted molar refractivity (Wildman–Crippen MR) is 218 cm³/mol. The molecule has 1 unspecified atom stereocenters. The predicted octanol–water partition coefficient (Wildman–Crippen LogP) is 9.19. The summed E-state index contributed by atoms with van der Waals surface area (Å²) in [5.74, 6) is 0.219. The topological polar surface area (TPSA) is 75.7 Å². The largest absolute Gasteiger partial charge is 0.314 e. The van der Waals surface area contributed by atoms with Gasteiger partial charge in [-0.3, -0.25) is 10.8 Å². The molecule has 252 valence electrons. The number of para-hydroxylation sites is 2. The van der Waals surface area contributed by atoms with Crippen LogP contribution in [-0.2, 0) is 0 Å². The molecule has 8 rings (SSSR count). The molecule has 1 spiro atoms. The Morgan fingerprint density at radius 3 is 1.73 bits per heavy atom. The second kappa shape index (κ2) is 12.4. The molecule has 0 saturated carbocycles. The molecule has 0 aromatic heterocycles. The SMILES string of the molecule is CC1=C(C(=N)/N=N\C(=N)c2c(C)cc(Br)cc2C)C(C)CC(N2c3ccccc3[Si]3(c4ccc(C)cc4-c4cc(C)ccc43)c3ccccc32)=C1. The van der Waals surface area contributed by atoms with Crippen molar-refractivity contribution in [3.63, 3.8) is 0 Å². The molecular weight excluding hydrogens is 707 g/mol. The van der Waals surface area contributed by atoms with Crippen LogP contribution in [0.2, 0.25) is 0 Å². The molecule has 2 N–H and O–H groups in total. The fourth-order valence-electron chi connectivity index (χ4n) is 8.95. The van der Waals surface area contributed by atoms with Gasteiger partial charge in [0.05, 0.1) is 0 Å². The molecule has 5 aromatic rings. The van der Waals surface area contributed by atoms with Crippen LogP contribution in [0.25, 0.3) is 11.1 Å². The fourth-order valence-corrected chi connectivity index (χ4v) is 15.1. The van der Waals surface area contributed by atoms with E-state index in [-0.39, 0.29) is 17.6 Å². The smallest absolute Gasteiger partial charge is 0.185 e. The minimum Gasteiger partial charge on any atom is -0.314 e. The molecule has 5 nitrogen and oxygen atoms in total. The number of benzene rings is 5. The van der Waals surface area contributed by atoms with E-state index in [2.05, 4.69) is 150 Å². The van der Waals surface area contributed by atoms with Crippen molar-refractivity contribution in [2.24, 2.45) is 16.1 Å². The number of aryl methyl sites for hydroxylation is 4. The summed E-state index contributed by atoms with van der Waals surface area (Å²) in [7, 11) is -2.64. The summed E-state index contributed by atoms with van der Waals surface area (Å²) in [6.45, 7) is 12.6. The molecule has 3 aliphatic rings. The summed E-state index contributed by atoms with van der Waals surface area (Å²) in [6.07, 6.45) is 2.99. The number of rotatable bonds is 3. The highest BCUT2D eigenvalue weighted by Gasteiger charge is 2.54. The van der Waals surface area contributed by atoms with E-state index in [1.807, 2.05) is 26.0 Å². The highest BCUT2D eigenvalue weighted by atomic mass is 79.9. The number of allylic oxidation sites excluding steroid dienone is 3. The normalized spacial score (nSPS) is 16.9. The monoisotopic (exact) mass is 745 g/mol. The highest BCUT2D eigenvalue weighted by molar-refractivity contribution is 9.10. The van der Waals surface area contributed by atoms with Gasteiger partial charge in [-0.05, 0) is 126 Å². The molecule has 0 amide bonds. The van der Waals surface area contributed by atoms with Crippen LogP contribution in [0.15, 0.2) is 135 Å². The second-order valence-corrected chi connectivity index (χ2v) is 18.9. The van der Waals surface area contributed by atoms with Crippen molar-refractivity contribution >= 4 is 67.8 Å². The van der Waals surface area contributed by atoms with Gasteiger partial charge in [0.1, 0.15) is 0 Å². The third kappa shape index (κ3) is 5.08. The van der Waals surface area contributed by atoms with E-state index >= 15 is 0 Å². The third-order valence-corrected chi connectivity index (χ3v) is 16.3. The lowest BCUT2D eigenvalue weighted by molar-refractivity contribution is 0.666. The first-order valence-electron chi connectivity index (χ1n) is 17.5. The summed E-state index contributed by atoms with van der Waals surface area (Å²) in [5, 5.41) is 32.0. The minimum atomic E-state index is -2.64. The standard InChI is InChI=1S/C44H40BrN5Si/c1-25-15-17-37-33(19-25)34-20-26(2)16-18-38(34)51(37)39-13-9-7-11-35(39)50(36-12-8-10-14-40(36)51)32-23-29(5)42(30(6)24-32)44(47)49-48-43(46)41-27(3)21-31(45)22-28(41)4/h7-23,30,46-47H,24H2,1-6H3/b46-43?,47-44?,49-48-. The number of halogens is 1. The number of nitrogens with zero attached hydrogens (tertiary/aromatic N) is 3. The van der Waals surface area contributed by atoms with Crippen molar-refractivity contribution in [2.45, 2.75) is 48.0 Å². The first-order valence-corrected chi connectivity index (χ1v) is 20.3. The van der Waals surface area contributed by atoms with Crippen molar-refractivity contribution < 1.29 is 0 Å². The molecule has 51 heavy (non-hydrogen) atoms. The Balaban J connectivity index is 1.24. The van der Waals surface area contributed by atoms with Crippen LogP contribution in [0, 0.1) is 44.4 Å². The van der Waals surface area contributed by atoms with Gasteiger partial charge in [-0.15, -0.1) is 10.2 Å². The molecule has 2 aliphatic heterocycles. The van der Waals surface area contributed by atoms with E-state index in [9.17, 15) is 0 Å². The average Bonchev–Trinajstić information content (AvgIpc) is 3.36. The number of fused-ring (bicyclic) bond motifs is 9. The maximum absolute atomic E-state index is 9.00. The third-order valence-electron chi connectivity index (χ3n) is 10.9. The van der Waals surface area contributed by atoms with Gasteiger partial charge >= 0.3 is 0 Å². The molecule has 2 heterocycles. The minimum absolute atomic E-state index is 0.0353. The summed E-state index contributed by atoms with van der Waals surface area (Å²) in [5.41, 5.74) is 13.5. The van der Waals surface area contributed by atoms with Crippen LogP contribution in [-0.4, -0.2) is 19.7 Å². The van der Waals surface area contributed by atoms with Crippen LogP contribution in [0.3, 0.4) is 0 Å². The zero-order valence-electron chi connectivity index (χ0n) is 29.8. The van der Waals surface area contributed by atoms with Gasteiger partial charge in [-0.25, -0.2) is 0 Å². The zero-order valence-corrected chi connectivity index (χ0v) is 32.4. The Kier molecular flexibility index (Phi) is 8.04. The van der Waals surface area contributed by atoms with Crippen molar-refractivity contribution in [1.29, 1.82) is 10.8 Å². The quantitative estimate of drug-likeness (QED) is 0.0806. The molecule has 0 bridgehead atoms. The van der Waals surface area contributed by atoms with E-state index in [1.54, 1.807) is 0 Å². The molecule has 0 radical (unpaired) electrons. The van der Waals surface area contributed by atoms with E-state index in [1.165, 1.54) is 60.1 Å². The van der Waals surface area contributed by atoms with Crippen molar-refractivity contribution in [3.05, 3.63) is 152 Å². The summed E-state index contributed by atoms with van der Waals surface area (Å²) in [4.78, 5) is 2.49. The number of amidine groups is 2. The van der Waals surface area contributed by atoms with Gasteiger partial charge in [-0.2, -0.15) is 0 Å². The van der Waals surface area contributed by atoms with Gasteiger partial charge in [0, 0.05) is 32.7 Å². The Hall–Kier alpha value is -4.98. The molecule has 0 fully saturated rings. The fraction of sp³-hybridized carbons (Fsp3) is 0.182. The summed E-state index contributed by atoms with van der Waals surface area (Å²) < 4.78 is 0.970. The molecule has 5 aromatic carbocycles. The molecule has 1 aliphatic carbocycles. The lowest BCUT2D eigenvalue weighted by atomic mass is 9.85. The molecule has 0 saturated heterocycles. The van der Waals surface area contributed by atoms with Crippen LogP contribution < -0.4 is 25.6 Å². The number of azo groups is 1. The second-order valence-electron chi connectivity index (χ2n) is 14.4. The summed E-state index contributed by atoms with van der Waals surface area (Å²) in [6, 6.07) is 36.3. The Bertz CT molecular complexity index is 2310. The van der Waals surface area contributed by atoms with Crippen LogP contribution in [0.5, 0.6) is 0 Å². The number of nitrogens with one attached hydrogen (secondary N) is 2. The molecular formula is C44H40BrN5Si. The Morgan fingerprint density at radius 1 is 0.686 bits per heavy atom. The molecule has 1 atom stereocenters. The van der Waals surface area contributed by atoms with Gasteiger partial charge in [0.2, 0.25) is 0 Å². The highest BCUT2D eigenvalue weighted by Crippen LogP contribution is 2.43. The van der Waals surface area contributed by atoms with E-state index in [0.29, 0.717) is 0 Å². The Morgan fingerprint density at radius 2 is 1.20 bits per heavy atom. The van der Waals surface area contributed by atoms with E-state index in [4.69, 9.17) is 10.8 Å². The van der Waals surface area contributed by atoms with Crippen molar-refractivity contribution in [3.8, 4) is 11.1 Å². The first kappa shape index (κ1) is 33.2. The van der Waals surface area contributed by atoms with Gasteiger partial charge in [0.25, 0.3) is 0 Å². The van der Waals surface area contributed by atoms with Crippen molar-refractivity contribution in [1.82, 2.24) is 0 Å². The van der Waals surface area contributed by atoms with Crippen LogP contribution in [0.4, 0.5) is 11.4 Å². The number of hydrogen-bond donors (Lipinski definition) is 2. The number of anilines is 2. The number of hydrogen-bond acceptors (Lipinski definition) is 3. The first-order chi connectivity index (χ1) is 24.5. The molecule has 7 heteroatoms. The lowest BCUT2D eigenvalue weighted by Gasteiger charge is -2.45. The van der Waals surface area contributed by atoms with E-state index < -0.39 is 8.07 Å². The van der Waals surface area contributed by atoms with Crippen molar-refractivity contribution in [2.75, 3.05) is 4.90 Å². The lowest BCUT2D eigenvalue weighted by Crippen LogP contribution is -2.75.